The zero-order valence-electron chi connectivity index (χ0n) is 21.1. The summed E-state index contributed by atoms with van der Waals surface area (Å²) in [5.41, 5.74) is 6.30. The van der Waals surface area contributed by atoms with Crippen molar-refractivity contribution in [2.45, 2.75) is 51.8 Å². The van der Waals surface area contributed by atoms with Crippen LogP contribution in [0.25, 0.3) is 22.3 Å². The quantitative estimate of drug-likeness (QED) is 0.261. The Morgan fingerprint density at radius 3 is 2.27 bits per heavy atom. The lowest BCUT2D eigenvalue weighted by Gasteiger charge is -2.25. The number of aliphatic hydroxyl groups excluding tert-OH is 1. The molecule has 0 aliphatic heterocycles. The van der Waals surface area contributed by atoms with E-state index in [1.165, 1.54) is 31.4 Å². The molecular formula is C30H32FN3O3. The lowest BCUT2D eigenvalue weighted by atomic mass is 9.81. The highest BCUT2D eigenvalue weighted by Crippen LogP contribution is 2.33. The number of hydrogen-bond acceptors (Lipinski definition) is 5. The van der Waals surface area contributed by atoms with E-state index in [-0.39, 0.29) is 11.9 Å². The van der Waals surface area contributed by atoms with Crippen LogP contribution >= 0.6 is 0 Å². The second-order valence-corrected chi connectivity index (χ2v) is 9.50. The Bertz CT molecular complexity index is 1340. The minimum Gasteiger partial charge on any atom is -0.481 e. The van der Waals surface area contributed by atoms with Gasteiger partial charge in [-0.15, -0.1) is 0 Å². The van der Waals surface area contributed by atoms with Crippen LogP contribution in [-0.4, -0.2) is 26.2 Å². The van der Waals surface area contributed by atoms with Gasteiger partial charge in [-0.3, -0.25) is 10.1 Å². The molecule has 7 heteroatoms. The first-order chi connectivity index (χ1) is 17.8. The normalized spacial score (nSPS) is 14.8. The van der Waals surface area contributed by atoms with Crippen molar-refractivity contribution in [1.82, 2.24) is 15.3 Å². The first kappa shape index (κ1) is 26.4. The summed E-state index contributed by atoms with van der Waals surface area (Å²) in [5.74, 6) is -0.432. The SMILES string of the molecule is CC(=O)O.CC(NC(O)c1ccc2nc(-c3ccccc3)c(CC3CCC3)nc2c1)c1ccc(F)cc1. The number of aliphatic hydroxyl groups is 1. The monoisotopic (exact) mass is 501 g/mol. The number of hydrogen-bond donors (Lipinski definition) is 3. The summed E-state index contributed by atoms with van der Waals surface area (Å²) in [6.07, 6.45) is 3.84. The average molecular weight is 502 g/mol. The summed E-state index contributed by atoms with van der Waals surface area (Å²) in [5, 5.41) is 21.4. The van der Waals surface area contributed by atoms with Gasteiger partial charge < -0.3 is 10.2 Å². The molecule has 1 aliphatic rings. The standard InChI is InChI=1S/C28H28FN3O.C2H4O2/c1-18(20-10-13-23(29)14-11-20)30-28(33)22-12-15-24-25(17-22)31-26(16-19-6-5-7-19)27(32-24)21-8-3-2-4-9-21;1-2(3)4/h2-4,8-15,17-19,28,30,33H,5-7,16H2,1H3;1H3,(H,3,4). The number of aromatic nitrogens is 2. The largest absolute Gasteiger partial charge is 0.481 e. The lowest BCUT2D eigenvalue weighted by Crippen LogP contribution is -2.24. The zero-order valence-corrected chi connectivity index (χ0v) is 21.1. The second-order valence-electron chi connectivity index (χ2n) is 9.50. The number of carboxylic acid groups (broad SMARTS) is 1. The highest BCUT2D eigenvalue weighted by atomic mass is 19.1. The molecule has 0 amide bonds. The number of carbonyl (C=O) groups is 1. The molecule has 37 heavy (non-hydrogen) atoms. The summed E-state index contributed by atoms with van der Waals surface area (Å²) in [7, 11) is 0. The number of rotatable bonds is 7. The Labute approximate surface area is 216 Å². The Morgan fingerprint density at radius 2 is 1.65 bits per heavy atom. The van der Waals surface area contributed by atoms with Crippen LogP contribution in [0.1, 0.15) is 62.2 Å². The van der Waals surface area contributed by atoms with Crippen LogP contribution in [0.2, 0.25) is 0 Å². The van der Waals surface area contributed by atoms with E-state index in [4.69, 9.17) is 19.9 Å². The summed E-state index contributed by atoms with van der Waals surface area (Å²) in [6, 6.07) is 22.1. The van der Waals surface area contributed by atoms with Crippen molar-refractivity contribution in [1.29, 1.82) is 0 Å². The highest BCUT2D eigenvalue weighted by Gasteiger charge is 2.22. The summed E-state index contributed by atoms with van der Waals surface area (Å²) < 4.78 is 13.2. The molecule has 4 aromatic rings. The van der Waals surface area contributed by atoms with E-state index in [0.717, 1.165) is 52.5 Å². The van der Waals surface area contributed by atoms with Crippen molar-refractivity contribution in [2.24, 2.45) is 5.92 Å². The van der Waals surface area contributed by atoms with Crippen molar-refractivity contribution in [2.75, 3.05) is 0 Å². The predicted octanol–water partition coefficient (Wildman–Crippen LogP) is 6.21. The molecule has 6 nitrogen and oxygen atoms in total. The number of nitrogens with zero attached hydrogens (tertiary/aromatic N) is 2. The molecule has 0 bridgehead atoms. The molecular weight excluding hydrogens is 469 g/mol. The van der Waals surface area contributed by atoms with Gasteiger partial charge in [0.1, 0.15) is 12.0 Å². The molecule has 3 N–H and O–H groups in total. The average Bonchev–Trinajstić information content (AvgIpc) is 2.86. The van der Waals surface area contributed by atoms with Crippen LogP contribution < -0.4 is 5.32 Å². The van der Waals surface area contributed by atoms with Crippen LogP contribution in [0.4, 0.5) is 4.39 Å². The molecule has 5 rings (SSSR count). The fourth-order valence-electron chi connectivity index (χ4n) is 4.40. The minimum absolute atomic E-state index is 0.142. The molecule has 1 aliphatic carbocycles. The molecule has 2 unspecified atom stereocenters. The third kappa shape index (κ3) is 6.96. The summed E-state index contributed by atoms with van der Waals surface area (Å²) in [4.78, 5) is 19.0. The molecule has 3 aromatic carbocycles. The Morgan fingerprint density at radius 1 is 1.00 bits per heavy atom. The molecule has 0 saturated heterocycles. The van der Waals surface area contributed by atoms with Gasteiger partial charge in [0, 0.05) is 18.5 Å². The fourth-order valence-corrected chi connectivity index (χ4v) is 4.40. The molecule has 0 spiro atoms. The van der Waals surface area contributed by atoms with Gasteiger partial charge in [0.15, 0.2) is 0 Å². The van der Waals surface area contributed by atoms with Gasteiger partial charge in [-0.2, -0.15) is 0 Å². The van der Waals surface area contributed by atoms with Crippen LogP contribution in [0, 0.1) is 11.7 Å². The summed E-state index contributed by atoms with van der Waals surface area (Å²) >= 11 is 0. The number of aliphatic carboxylic acids is 1. The minimum atomic E-state index is -0.875. The Balaban J connectivity index is 0.000000747. The number of benzene rings is 3. The van der Waals surface area contributed by atoms with Crippen LogP contribution in [0.15, 0.2) is 72.8 Å². The van der Waals surface area contributed by atoms with Crippen molar-refractivity contribution in [3.05, 3.63) is 95.4 Å². The third-order valence-corrected chi connectivity index (χ3v) is 6.61. The van der Waals surface area contributed by atoms with E-state index < -0.39 is 12.2 Å². The van der Waals surface area contributed by atoms with Crippen LogP contribution in [0.5, 0.6) is 0 Å². The molecule has 192 valence electrons. The first-order valence-corrected chi connectivity index (χ1v) is 12.5. The maximum Gasteiger partial charge on any atom is 0.300 e. The molecule has 0 radical (unpaired) electrons. The van der Waals surface area contributed by atoms with Crippen LogP contribution in [-0.2, 0) is 11.2 Å². The maximum atomic E-state index is 13.2. The van der Waals surface area contributed by atoms with Gasteiger partial charge in [-0.05, 0) is 54.7 Å². The third-order valence-electron chi connectivity index (χ3n) is 6.61. The van der Waals surface area contributed by atoms with E-state index in [0.29, 0.717) is 5.92 Å². The van der Waals surface area contributed by atoms with Crippen molar-refractivity contribution >= 4 is 17.0 Å². The molecule has 1 aromatic heterocycles. The van der Waals surface area contributed by atoms with Gasteiger partial charge in [-0.25, -0.2) is 14.4 Å². The molecule has 2 atom stereocenters. The topological polar surface area (TPSA) is 95.3 Å². The van der Waals surface area contributed by atoms with E-state index in [1.54, 1.807) is 12.1 Å². The fraction of sp³-hybridized carbons (Fsp3) is 0.300. The predicted molar refractivity (Wildman–Crippen MR) is 142 cm³/mol. The highest BCUT2D eigenvalue weighted by molar-refractivity contribution is 5.79. The first-order valence-electron chi connectivity index (χ1n) is 12.5. The second kappa shape index (κ2) is 12.0. The van der Waals surface area contributed by atoms with Gasteiger partial charge >= 0.3 is 0 Å². The van der Waals surface area contributed by atoms with Crippen molar-refractivity contribution in [3.63, 3.8) is 0 Å². The maximum absolute atomic E-state index is 13.2. The Hall–Kier alpha value is -3.68. The molecule has 1 fully saturated rings. The van der Waals surface area contributed by atoms with Crippen LogP contribution in [0.3, 0.4) is 0 Å². The lowest BCUT2D eigenvalue weighted by molar-refractivity contribution is -0.134. The van der Waals surface area contributed by atoms with Crippen molar-refractivity contribution in [3.8, 4) is 11.3 Å². The van der Waals surface area contributed by atoms with Gasteiger partial charge in [0.05, 0.1) is 22.4 Å². The van der Waals surface area contributed by atoms with Gasteiger partial charge in [-0.1, -0.05) is 67.8 Å². The number of carboxylic acids is 1. The van der Waals surface area contributed by atoms with E-state index in [2.05, 4.69) is 17.4 Å². The molecule has 1 saturated carbocycles. The van der Waals surface area contributed by atoms with Crippen molar-refractivity contribution < 1.29 is 19.4 Å². The zero-order chi connectivity index (χ0) is 26.4. The van der Waals surface area contributed by atoms with E-state index in [1.807, 2.05) is 43.3 Å². The van der Waals surface area contributed by atoms with Gasteiger partial charge in [0.2, 0.25) is 0 Å². The number of fused-ring (bicyclic) bond motifs is 1. The number of nitrogens with one attached hydrogen (secondary N) is 1. The Kier molecular flexibility index (Phi) is 8.58. The number of halogens is 1. The van der Waals surface area contributed by atoms with Gasteiger partial charge in [0.25, 0.3) is 5.97 Å². The summed E-state index contributed by atoms with van der Waals surface area (Å²) in [6.45, 7) is 3.03. The van der Waals surface area contributed by atoms with E-state index >= 15 is 0 Å². The molecule has 1 heterocycles. The smallest absolute Gasteiger partial charge is 0.300 e. The van der Waals surface area contributed by atoms with E-state index in [9.17, 15) is 9.50 Å².